The fourth-order valence-electron chi connectivity index (χ4n) is 10.1. The molecule has 32 atom stereocenters. The number of rotatable bonds is 14. The zero-order valence-electron chi connectivity index (χ0n) is 44.2. The highest BCUT2D eigenvalue weighted by Crippen LogP contribution is 2.38. The van der Waals surface area contributed by atoms with Gasteiger partial charge in [0.2, 0.25) is 0 Å². The summed E-state index contributed by atoms with van der Waals surface area (Å²) in [6.07, 6.45) is -57.8. The van der Waals surface area contributed by atoms with Crippen LogP contribution in [0, 0.1) is 0 Å². The molecule has 37 nitrogen and oxygen atoms in total. The number of aliphatic hydroxyl groups is 18. The number of hydrogen-bond acceptors (Lipinski definition) is 35. The minimum Gasteiger partial charge on any atom is -0.394 e. The Bertz CT molecular complexity index is 1860. The van der Waals surface area contributed by atoms with Gasteiger partial charge in [0.15, 0.2) is 48.6 Å². The van der Waals surface area contributed by atoms with Crippen LogP contribution in [0.25, 0.3) is 0 Å². The van der Waals surface area contributed by atoms with Crippen LogP contribution in [0.15, 0.2) is 0 Å². The second kappa shape index (κ2) is 30.4. The van der Waals surface area contributed by atoms with E-state index in [0.717, 1.165) is 0 Å². The standard InChI is InChI=1S/C36H60O30.C8H18O7S2/c37-1-7-25-13(43)19(49)31(55-7)62-26-8(2-38)57-33(21(51)15(26)45)64-28-10(4-40)59-35(23(53)17(28)47)66-30-12(6-42)60-36(24(54)18(30)48)65-29-11(5-41)58-34(22(52)16(29)46)63-27-9(3-39)56-32(61-25)20(50)14(27)44;1-3-5-7(16(9,10)11)15-8(6-4-2)17(12,13)14/h7-54H,1-6H2;7-8H,3-6H2,1-2H3,(H,9,10,11)(H,12,13,14)/t7-,8-,9-,10-,11-,12-,13-,14-,15-,16-,17-,18-,19-,20-,21-,22-,23-,24-,25-,26-,27-,28-,29-,30-,31-,32-,33-,34-,35-,36-;/m1./s1. The monoisotopic (exact) mass is 1260 g/mol. The molecule has 0 amide bonds. The summed E-state index contributed by atoms with van der Waals surface area (Å²) in [7, 11) is -9.00. The predicted molar refractivity (Wildman–Crippen MR) is 257 cm³/mol. The highest BCUT2D eigenvalue weighted by Gasteiger charge is 2.59. The van der Waals surface area contributed by atoms with Gasteiger partial charge in [0.25, 0.3) is 20.2 Å². The molecule has 22 heterocycles. The Hall–Kier alpha value is -1.42. The van der Waals surface area contributed by atoms with Crippen molar-refractivity contribution in [1.29, 1.82) is 0 Å². The predicted octanol–water partition coefficient (Wildman–Crippen LogP) is -12.0. The first-order valence-electron chi connectivity index (χ1n) is 26.3. The Morgan fingerprint density at radius 1 is 0.301 bits per heavy atom. The summed E-state index contributed by atoms with van der Waals surface area (Å²) in [4.78, 5) is 0. The second-order valence-electron chi connectivity index (χ2n) is 20.4. The van der Waals surface area contributed by atoms with Crippen molar-refractivity contribution < 1.29 is 179 Å². The molecule has 2 unspecified atom stereocenters. The quantitative estimate of drug-likeness (QED) is 0.0718. The molecule has 0 aromatic rings. The van der Waals surface area contributed by atoms with E-state index in [0.29, 0.717) is 12.8 Å². The summed E-state index contributed by atoms with van der Waals surface area (Å²) in [6, 6.07) is 0. The summed E-state index contributed by atoms with van der Waals surface area (Å²) >= 11 is 0. The minimum atomic E-state index is -4.50. The molecule has 83 heavy (non-hydrogen) atoms. The van der Waals surface area contributed by atoms with Crippen LogP contribution in [0.3, 0.4) is 0 Å². The normalized spacial score (nSPS) is 47.4. The van der Waals surface area contributed by atoms with Crippen LogP contribution in [0.4, 0.5) is 0 Å². The summed E-state index contributed by atoms with van der Waals surface area (Å²) in [5.74, 6) is 0. The molecule has 22 saturated heterocycles. The van der Waals surface area contributed by atoms with E-state index in [1.165, 1.54) is 0 Å². The van der Waals surface area contributed by atoms with E-state index in [2.05, 4.69) is 0 Å². The van der Waals surface area contributed by atoms with Gasteiger partial charge in [0.05, 0.1) is 39.6 Å². The summed E-state index contributed by atoms with van der Waals surface area (Å²) < 4.78 is 134. The number of hydrogen-bond donors (Lipinski definition) is 20. The van der Waals surface area contributed by atoms with E-state index in [1.807, 2.05) is 0 Å². The summed E-state index contributed by atoms with van der Waals surface area (Å²) in [6.45, 7) is -2.68. The molecule has 0 radical (unpaired) electrons. The largest absolute Gasteiger partial charge is 0.394 e. The highest BCUT2D eigenvalue weighted by molar-refractivity contribution is 7.87. The molecular formula is C44H78O37S2. The zero-order chi connectivity index (χ0) is 61.7. The zero-order valence-corrected chi connectivity index (χ0v) is 45.9. The lowest BCUT2D eigenvalue weighted by Gasteiger charge is -2.50. The fourth-order valence-corrected chi connectivity index (χ4v) is 11.8. The van der Waals surface area contributed by atoms with E-state index in [9.17, 15) is 109 Å². The lowest BCUT2D eigenvalue weighted by molar-refractivity contribution is -0.404. The Balaban J connectivity index is 0.000000563. The molecule has 0 aromatic carbocycles. The van der Waals surface area contributed by atoms with Crippen molar-refractivity contribution in [1.82, 2.24) is 0 Å². The van der Waals surface area contributed by atoms with Crippen molar-refractivity contribution in [2.24, 2.45) is 0 Å². The van der Waals surface area contributed by atoms with Crippen LogP contribution in [0.5, 0.6) is 0 Å². The highest BCUT2D eigenvalue weighted by atomic mass is 32.2. The van der Waals surface area contributed by atoms with E-state index in [1.54, 1.807) is 13.8 Å². The maximum Gasteiger partial charge on any atom is 0.292 e. The lowest BCUT2D eigenvalue weighted by atomic mass is 9.94. The van der Waals surface area contributed by atoms with Gasteiger partial charge in [-0.2, -0.15) is 16.8 Å². The smallest absolute Gasteiger partial charge is 0.292 e. The third-order valence-corrected chi connectivity index (χ3v) is 16.7. The van der Waals surface area contributed by atoms with Crippen LogP contribution < -0.4 is 0 Å². The SMILES string of the molecule is CCCC(OC(CCC)S(=O)(=O)O)S(=O)(=O)O.OC[C@H]1O[C@@H]2O[C@H]3[C@H](O)[C@@H](O)[C@@H](O[C@H]4[C@H](O)[C@@H](O)[C@@H](O[C@H]5[C@H](O)[C@@H](O)[C@@H](O[C@H]6[C@H](O)[C@@H](O)[C@@H](O[C@H]7[C@H](O)[C@@H](O)[C@@H](O[C@H]1[C@H](O)[C@H]2O)O[C@@H]7CO)O[C@@H]6CO)O[C@@H]5CO)O[C@@H]4CO)O[C@@H]3CO. The molecule has 39 heteroatoms. The molecule has 20 N–H and O–H groups in total. The van der Waals surface area contributed by atoms with E-state index >= 15 is 0 Å². The first kappa shape index (κ1) is 70.7. The van der Waals surface area contributed by atoms with Gasteiger partial charge >= 0.3 is 0 Å². The molecule has 22 aliphatic rings. The number of aliphatic hydroxyl groups excluding tert-OH is 18. The topological polar surface area (TPSA) is 593 Å². The van der Waals surface area contributed by atoms with Crippen molar-refractivity contribution in [3.8, 4) is 0 Å². The second-order valence-corrected chi connectivity index (χ2v) is 23.6. The average molecular weight is 1260 g/mol. The summed E-state index contributed by atoms with van der Waals surface area (Å²) in [5.41, 5.74) is -3.27. The van der Waals surface area contributed by atoms with E-state index in [4.69, 9.17) is 70.7 Å². The molecule has 22 rings (SSSR count). The Morgan fingerprint density at radius 2 is 0.458 bits per heavy atom. The fraction of sp³-hybridized carbons (Fsp3) is 1.00. The van der Waals surface area contributed by atoms with Crippen molar-refractivity contribution in [3.05, 3.63) is 0 Å². The van der Waals surface area contributed by atoms with Crippen molar-refractivity contribution in [2.75, 3.05) is 39.6 Å². The Morgan fingerprint density at radius 3 is 0.578 bits per heavy atom. The average Bonchev–Trinajstić information content (AvgIpc) is 3.59. The molecule has 12 bridgehead atoms. The Labute approximate surface area is 472 Å². The van der Waals surface area contributed by atoms with Crippen LogP contribution in [0.1, 0.15) is 39.5 Å². The lowest BCUT2D eigenvalue weighted by Crippen LogP contribution is -2.69. The van der Waals surface area contributed by atoms with E-state index < -0.39 is 255 Å². The van der Waals surface area contributed by atoms with Gasteiger partial charge in [-0.15, -0.1) is 0 Å². The maximum absolute atomic E-state index is 11.2. The molecule has 0 aliphatic carbocycles. The summed E-state index contributed by atoms with van der Waals surface area (Å²) in [5, 5.41) is 196. The van der Waals surface area contributed by atoms with Crippen molar-refractivity contribution >= 4 is 20.2 Å². The molecule has 0 saturated carbocycles. The van der Waals surface area contributed by atoms with E-state index in [-0.39, 0.29) is 12.8 Å². The van der Waals surface area contributed by atoms with Gasteiger partial charge in [0.1, 0.15) is 146 Å². The third-order valence-electron chi connectivity index (χ3n) is 14.7. The molecule has 488 valence electrons. The molecule has 0 spiro atoms. The third kappa shape index (κ3) is 16.0. The molecule has 0 aromatic heterocycles. The van der Waals surface area contributed by atoms with Gasteiger partial charge in [-0.1, -0.05) is 26.7 Å². The van der Waals surface area contributed by atoms with Gasteiger partial charge in [-0.05, 0) is 12.8 Å². The molecule has 22 aliphatic heterocycles. The van der Waals surface area contributed by atoms with Gasteiger partial charge in [-0.3, -0.25) is 9.11 Å². The van der Waals surface area contributed by atoms with Gasteiger partial charge < -0.3 is 153 Å². The van der Waals surface area contributed by atoms with Crippen LogP contribution in [-0.2, 0) is 81.8 Å². The van der Waals surface area contributed by atoms with Gasteiger partial charge in [0, 0.05) is 0 Å². The first-order chi connectivity index (χ1) is 39.0. The van der Waals surface area contributed by atoms with Crippen molar-refractivity contribution in [3.63, 3.8) is 0 Å². The van der Waals surface area contributed by atoms with Crippen LogP contribution in [0.2, 0.25) is 0 Å². The Kier molecular flexibility index (Phi) is 25.9. The van der Waals surface area contributed by atoms with Crippen LogP contribution >= 0.6 is 0 Å². The maximum atomic E-state index is 11.2. The molecule has 22 fully saturated rings. The number of ether oxygens (including phenoxy) is 13. The first-order valence-corrected chi connectivity index (χ1v) is 29.3. The molecular weight excluding hydrogens is 1180 g/mol. The van der Waals surface area contributed by atoms with Crippen molar-refractivity contribution in [2.45, 2.75) is 235 Å². The van der Waals surface area contributed by atoms with Crippen LogP contribution in [-0.4, -0.2) is 353 Å². The minimum absolute atomic E-state index is 0.0471. The van der Waals surface area contributed by atoms with Gasteiger partial charge in [-0.25, -0.2) is 0 Å².